The molecule has 7 heteroatoms. The summed E-state index contributed by atoms with van der Waals surface area (Å²) in [4.78, 5) is 9.29. The third kappa shape index (κ3) is 6.03. The fourth-order valence-corrected chi connectivity index (χ4v) is 2.45. The van der Waals surface area contributed by atoms with E-state index in [9.17, 15) is 0 Å². The lowest BCUT2D eigenvalue weighted by molar-refractivity contribution is 0.0698. The van der Waals surface area contributed by atoms with Crippen LogP contribution in [0.25, 0.3) is 11.0 Å². The summed E-state index contributed by atoms with van der Waals surface area (Å²) in [5, 5.41) is 6.58. The minimum absolute atomic E-state index is 0.533. The van der Waals surface area contributed by atoms with Crippen molar-refractivity contribution in [2.24, 2.45) is 12.0 Å². The summed E-state index contributed by atoms with van der Waals surface area (Å²) in [7, 11) is 3.70. The molecule has 0 aliphatic carbocycles. The fourth-order valence-electron chi connectivity index (χ4n) is 2.45. The maximum Gasteiger partial charge on any atom is 0.191 e. The summed E-state index contributed by atoms with van der Waals surface area (Å²) in [6, 6.07) is 8.12. The van der Waals surface area contributed by atoms with E-state index in [0.717, 1.165) is 42.3 Å². The van der Waals surface area contributed by atoms with E-state index in [-0.39, 0.29) is 0 Å². The van der Waals surface area contributed by atoms with E-state index in [4.69, 9.17) is 9.47 Å². The van der Waals surface area contributed by atoms with Gasteiger partial charge in [-0.05, 0) is 25.5 Å². The van der Waals surface area contributed by atoms with Crippen LogP contribution < -0.4 is 10.6 Å². The highest BCUT2D eigenvalue weighted by atomic mass is 16.5. The van der Waals surface area contributed by atoms with Crippen LogP contribution in [0.2, 0.25) is 0 Å². The van der Waals surface area contributed by atoms with Gasteiger partial charge in [0.15, 0.2) is 5.96 Å². The molecule has 0 fully saturated rings. The molecular formula is C18H29N5O2. The normalized spacial score (nSPS) is 11.9. The fraction of sp³-hybridized carbons (Fsp3) is 0.556. The number of para-hydroxylation sites is 2. The van der Waals surface area contributed by atoms with Crippen LogP contribution in [0.4, 0.5) is 0 Å². The zero-order chi connectivity index (χ0) is 17.9. The average molecular weight is 347 g/mol. The smallest absolute Gasteiger partial charge is 0.191 e. The van der Waals surface area contributed by atoms with Gasteiger partial charge in [0, 0.05) is 33.9 Å². The average Bonchev–Trinajstić information content (AvgIpc) is 2.95. The minimum Gasteiger partial charge on any atom is -0.382 e. The monoisotopic (exact) mass is 347 g/mol. The molecule has 0 aliphatic rings. The van der Waals surface area contributed by atoms with E-state index >= 15 is 0 Å². The quantitative estimate of drug-likeness (QED) is 0.389. The van der Waals surface area contributed by atoms with Crippen LogP contribution in [-0.2, 0) is 23.1 Å². The molecule has 0 amide bonds. The Balaban J connectivity index is 1.85. The lowest BCUT2D eigenvalue weighted by Gasteiger charge is -2.11. The maximum atomic E-state index is 5.46. The molecule has 2 N–H and O–H groups in total. The number of aryl methyl sites for hydroxylation is 1. The third-order valence-electron chi connectivity index (χ3n) is 3.79. The summed E-state index contributed by atoms with van der Waals surface area (Å²) in [5.74, 6) is 1.74. The van der Waals surface area contributed by atoms with Gasteiger partial charge in [0.05, 0.1) is 24.2 Å². The molecule has 0 saturated heterocycles. The second-order valence-electron chi connectivity index (χ2n) is 5.66. The molecule has 0 saturated carbocycles. The van der Waals surface area contributed by atoms with Crippen molar-refractivity contribution >= 4 is 17.0 Å². The Bertz CT molecular complexity index is 669. The van der Waals surface area contributed by atoms with Crippen LogP contribution in [0.3, 0.4) is 0 Å². The molecule has 7 nitrogen and oxygen atoms in total. The van der Waals surface area contributed by atoms with Crippen LogP contribution in [-0.4, -0.2) is 55.5 Å². The Morgan fingerprint density at radius 1 is 1.20 bits per heavy atom. The van der Waals surface area contributed by atoms with Gasteiger partial charge in [0.2, 0.25) is 0 Å². The first kappa shape index (κ1) is 19.2. The number of fused-ring (bicyclic) bond motifs is 1. The highest BCUT2D eigenvalue weighted by Gasteiger charge is 2.06. The number of rotatable bonds is 10. The largest absolute Gasteiger partial charge is 0.382 e. The number of aliphatic imine (C=N–C) groups is 1. The highest BCUT2D eigenvalue weighted by molar-refractivity contribution is 5.80. The van der Waals surface area contributed by atoms with Gasteiger partial charge in [0.25, 0.3) is 0 Å². The lowest BCUT2D eigenvalue weighted by Crippen LogP contribution is -2.38. The maximum absolute atomic E-state index is 5.46. The Morgan fingerprint density at radius 2 is 2.04 bits per heavy atom. The molecule has 1 heterocycles. The number of aromatic nitrogens is 2. The first-order valence-corrected chi connectivity index (χ1v) is 8.75. The second kappa shape index (κ2) is 10.7. The summed E-state index contributed by atoms with van der Waals surface area (Å²) >= 11 is 0. The third-order valence-corrected chi connectivity index (χ3v) is 3.79. The number of nitrogens with one attached hydrogen (secondary N) is 2. The molecule has 0 unspecified atom stereocenters. The lowest BCUT2D eigenvalue weighted by atomic mass is 10.3. The van der Waals surface area contributed by atoms with Crippen LogP contribution >= 0.6 is 0 Å². The Morgan fingerprint density at radius 3 is 2.80 bits per heavy atom. The number of guanidine groups is 1. The molecule has 0 bridgehead atoms. The Kier molecular flexibility index (Phi) is 8.21. The van der Waals surface area contributed by atoms with Gasteiger partial charge in [-0.25, -0.2) is 9.98 Å². The predicted octanol–water partition coefficient (Wildman–Crippen LogP) is 1.68. The zero-order valence-electron chi connectivity index (χ0n) is 15.4. The van der Waals surface area contributed by atoms with Crippen LogP contribution in [0.5, 0.6) is 0 Å². The van der Waals surface area contributed by atoms with Gasteiger partial charge >= 0.3 is 0 Å². The van der Waals surface area contributed by atoms with Crippen molar-refractivity contribution in [3.8, 4) is 0 Å². The van der Waals surface area contributed by atoms with Crippen molar-refractivity contribution in [1.82, 2.24) is 20.2 Å². The van der Waals surface area contributed by atoms with E-state index in [1.165, 1.54) is 0 Å². The standard InChI is InChI=1S/C18H29N5O2/c1-4-19-18(20-10-7-11-25-13-12-24-3)21-14-17-22-15-8-5-6-9-16(15)23(17)2/h5-6,8-9H,4,7,10-14H2,1-3H3,(H2,19,20,21). The minimum atomic E-state index is 0.533. The number of ether oxygens (including phenoxy) is 2. The summed E-state index contributed by atoms with van der Waals surface area (Å²) in [6.07, 6.45) is 0.917. The molecular weight excluding hydrogens is 318 g/mol. The summed E-state index contributed by atoms with van der Waals surface area (Å²) in [5.41, 5.74) is 2.13. The van der Waals surface area contributed by atoms with E-state index < -0.39 is 0 Å². The van der Waals surface area contributed by atoms with Gasteiger partial charge in [-0.2, -0.15) is 0 Å². The molecule has 0 aliphatic heterocycles. The topological polar surface area (TPSA) is 72.7 Å². The van der Waals surface area contributed by atoms with Crippen molar-refractivity contribution in [3.63, 3.8) is 0 Å². The van der Waals surface area contributed by atoms with Crippen molar-refractivity contribution < 1.29 is 9.47 Å². The van der Waals surface area contributed by atoms with Crippen LogP contribution in [0.1, 0.15) is 19.2 Å². The molecule has 2 aromatic rings. The molecule has 1 aromatic heterocycles. The van der Waals surface area contributed by atoms with Crippen LogP contribution in [0.15, 0.2) is 29.3 Å². The van der Waals surface area contributed by atoms with Gasteiger partial charge in [-0.1, -0.05) is 12.1 Å². The Hall–Kier alpha value is -2.12. The van der Waals surface area contributed by atoms with Crippen molar-refractivity contribution in [2.75, 3.05) is 40.0 Å². The van der Waals surface area contributed by atoms with Crippen molar-refractivity contribution in [2.45, 2.75) is 19.9 Å². The van der Waals surface area contributed by atoms with Gasteiger partial charge in [-0.3, -0.25) is 0 Å². The number of nitrogens with zero attached hydrogens (tertiary/aromatic N) is 3. The molecule has 1 aromatic carbocycles. The molecule has 0 spiro atoms. The van der Waals surface area contributed by atoms with Crippen molar-refractivity contribution in [1.29, 1.82) is 0 Å². The van der Waals surface area contributed by atoms with Gasteiger partial charge in [-0.15, -0.1) is 0 Å². The highest BCUT2D eigenvalue weighted by Crippen LogP contribution is 2.14. The predicted molar refractivity (Wildman–Crippen MR) is 101 cm³/mol. The zero-order valence-corrected chi connectivity index (χ0v) is 15.4. The molecule has 0 radical (unpaired) electrons. The first-order valence-electron chi connectivity index (χ1n) is 8.75. The number of hydrogen-bond acceptors (Lipinski definition) is 4. The van der Waals surface area contributed by atoms with Gasteiger partial charge < -0.3 is 24.7 Å². The Labute approximate surface area is 149 Å². The number of methoxy groups -OCH3 is 1. The summed E-state index contributed by atoms with van der Waals surface area (Å²) < 4.78 is 12.5. The second-order valence-corrected chi connectivity index (χ2v) is 5.66. The van der Waals surface area contributed by atoms with E-state index in [2.05, 4.69) is 38.2 Å². The number of imidazole rings is 1. The first-order chi connectivity index (χ1) is 12.3. The molecule has 2 rings (SSSR count). The van der Waals surface area contributed by atoms with E-state index in [1.807, 2.05) is 25.2 Å². The molecule has 0 atom stereocenters. The van der Waals surface area contributed by atoms with Gasteiger partial charge in [0.1, 0.15) is 12.4 Å². The summed E-state index contributed by atoms with van der Waals surface area (Å²) in [6.45, 7) is 6.19. The number of benzene rings is 1. The SMILES string of the molecule is CCNC(=NCc1nc2ccccc2n1C)NCCCOCCOC. The molecule has 25 heavy (non-hydrogen) atoms. The van der Waals surface area contributed by atoms with Crippen LogP contribution in [0, 0.1) is 0 Å². The van der Waals surface area contributed by atoms with E-state index in [1.54, 1.807) is 7.11 Å². The number of hydrogen-bond donors (Lipinski definition) is 2. The van der Waals surface area contributed by atoms with Crippen molar-refractivity contribution in [3.05, 3.63) is 30.1 Å². The molecule has 138 valence electrons. The van der Waals surface area contributed by atoms with E-state index in [0.29, 0.717) is 26.4 Å².